The number of nitrogens with two attached hydrogens (primary N) is 1. The summed E-state index contributed by atoms with van der Waals surface area (Å²) in [5.41, 5.74) is 5.62. The van der Waals surface area contributed by atoms with Crippen LogP contribution in [0.25, 0.3) is 0 Å². The fraction of sp³-hybridized carbons (Fsp3) is 1.00. The van der Waals surface area contributed by atoms with Gasteiger partial charge in [0.15, 0.2) is 9.84 Å². The highest BCUT2D eigenvalue weighted by Crippen LogP contribution is 2.22. The van der Waals surface area contributed by atoms with Crippen molar-refractivity contribution in [3.8, 4) is 0 Å². The van der Waals surface area contributed by atoms with Crippen LogP contribution in [-0.4, -0.2) is 50.5 Å². The molecule has 0 aromatic rings. The van der Waals surface area contributed by atoms with Crippen LogP contribution >= 0.6 is 0 Å². The maximum Gasteiger partial charge on any atom is 0.151 e. The largest absolute Gasteiger partial charge is 0.330 e. The maximum atomic E-state index is 11.9. The van der Waals surface area contributed by atoms with E-state index in [1.165, 1.54) is 38.5 Å². The van der Waals surface area contributed by atoms with Gasteiger partial charge in [-0.1, -0.05) is 32.6 Å². The zero-order valence-electron chi connectivity index (χ0n) is 13.0. The Morgan fingerprint density at radius 1 is 1.05 bits per heavy atom. The molecule has 0 atom stereocenters. The molecule has 20 heavy (non-hydrogen) atoms. The van der Waals surface area contributed by atoms with Crippen molar-refractivity contribution >= 4 is 9.84 Å². The van der Waals surface area contributed by atoms with Crippen LogP contribution < -0.4 is 5.73 Å². The second-order valence-corrected chi connectivity index (χ2v) is 8.28. The van der Waals surface area contributed by atoms with Gasteiger partial charge in [-0.25, -0.2) is 8.42 Å². The van der Waals surface area contributed by atoms with Crippen molar-refractivity contribution in [1.29, 1.82) is 0 Å². The van der Waals surface area contributed by atoms with Gasteiger partial charge in [-0.15, -0.1) is 0 Å². The van der Waals surface area contributed by atoms with Gasteiger partial charge >= 0.3 is 0 Å². The van der Waals surface area contributed by atoms with Crippen LogP contribution in [-0.2, 0) is 9.84 Å². The Bertz CT molecular complexity index is 336. The average molecular weight is 305 g/mol. The number of hydrogen-bond donors (Lipinski definition) is 1. The molecule has 5 heteroatoms. The molecule has 1 saturated carbocycles. The smallest absolute Gasteiger partial charge is 0.151 e. The summed E-state index contributed by atoms with van der Waals surface area (Å²) in [6.45, 7) is 4.25. The van der Waals surface area contributed by atoms with Crippen LogP contribution in [0.1, 0.15) is 58.3 Å². The topological polar surface area (TPSA) is 63.4 Å². The van der Waals surface area contributed by atoms with Gasteiger partial charge in [-0.05, 0) is 38.8 Å². The summed E-state index contributed by atoms with van der Waals surface area (Å²) in [4.78, 5) is 2.39. The molecule has 0 aromatic carbocycles. The molecule has 0 heterocycles. The zero-order chi connectivity index (χ0) is 14.8. The number of rotatable bonds is 9. The molecule has 0 spiro atoms. The van der Waals surface area contributed by atoms with Crippen LogP contribution in [0.15, 0.2) is 0 Å². The molecule has 0 aromatic heterocycles. The van der Waals surface area contributed by atoms with Gasteiger partial charge < -0.3 is 5.73 Å². The Balaban J connectivity index is 2.53. The lowest BCUT2D eigenvalue weighted by molar-refractivity contribution is 0.188. The molecule has 1 aliphatic carbocycles. The van der Waals surface area contributed by atoms with Crippen LogP contribution in [0.5, 0.6) is 0 Å². The second-order valence-electron chi connectivity index (χ2n) is 5.98. The molecule has 0 radical (unpaired) electrons. The van der Waals surface area contributed by atoms with Crippen molar-refractivity contribution in [2.24, 2.45) is 5.73 Å². The molecule has 4 nitrogen and oxygen atoms in total. The van der Waals surface area contributed by atoms with Crippen LogP contribution in [0.2, 0.25) is 0 Å². The maximum absolute atomic E-state index is 11.9. The van der Waals surface area contributed by atoms with Gasteiger partial charge in [0, 0.05) is 18.3 Å². The quantitative estimate of drug-likeness (QED) is 0.663. The third-order valence-corrected chi connectivity index (χ3v) is 6.03. The third kappa shape index (κ3) is 7.04. The molecule has 0 bridgehead atoms. The van der Waals surface area contributed by atoms with Crippen molar-refractivity contribution in [2.45, 2.75) is 64.3 Å². The van der Waals surface area contributed by atoms with Gasteiger partial charge in [0.2, 0.25) is 0 Å². The number of nitrogens with zero attached hydrogens (tertiary/aromatic N) is 1. The predicted molar refractivity (Wildman–Crippen MR) is 85.7 cm³/mol. The summed E-state index contributed by atoms with van der Waals surface area (Å²) in [7, 11) is -2.87. The van der Waals surface area contributed by atoms with E-state index >= 15 is 0 Å². The summed E-state index contributed by atoms with van der Waals surface area (Å²) in [6.07, 6.45) is 9.34. The van der Waals surface area contributed by atoms with Crippen molar-refractivity contribution in [1.82, 2.24) is 4.90 Å². The highest BCUT2D eigenvalue weighted by molar-refractivity contribution is 7.91. The SMILES string of the molecule is CCCS(=O)(=O)CCN(CCCN)C1CCCCCC1. The molecule has 0 unspecified atom stereocenters. The zero-order valence-corrected chi connectivity index (χ0v) is 13.8. The minimum Gasteiger partial charge on any atom is -0.330 e. The number of sulfone groups is 1. The molecule has 1 rings (SSSR count). The predicted octanol–water partition coefficient (Wildman–Crippen LogP) is 2.18. The fourth-order valence-corrected chi connectivity index (χ4v) is 4.40. The second kappa shape index (κ2) is 9.74. The summed E-state index contributed by atoms with van der Waals surface area (Å²) in [5, 5.41) is 0. The van der Waals surface area contributed by atoms with Crippen LogP contribution in [0.3, 0.4) is 0 Å². The molecule has 1 fully saturated rings. The lowest BCUT2D eigenvalue weighted by atomic mass is 10.1. The number of hydrogen-bond acceptors (Lipinski definition) is 4. The standard InChI is InChI=1S/C15H32N2O2S/c1-2-13-20(18,19)14-12-17(11-7-10-16)15-8-5-3-4-6-9-15/h15H,2-14,16H2,1H3. The molecular weight excluding hydrogens is 272 g/mol. The van der Waals surface area contributed by atoms with Crippen molar-refractivity contribution in [3.05, 3.63) is 0 Å². The molecule has 2 N–H and O–H groups in total. The Morgan fingerprint density at radius 2 is 1.70 bits per heavy atom. The monoisotopic (exact) mass is 304 g/mol. The van der Waals surface area contributed by atoms with Crippen LogP contribution in [0, 0.1) is 0 Å². The Kier molecular flexibility index (Phi) is 8.73. The van der Waals surface area contributed by atoms with E-state index in [0.717, 1.165) is 13.0 Å². The van der Waals surface area contributed by atoms with Crippen LogP contribution in [0.4, 0.5) is 0 Å². The van der Waals surface area contributed by atoms with Gasteiger partial charge in [-0.2, -0.15) is 0 Å². The highest BCUT2D eigenvalue weighted by atomic mass is 32.2. The van der Waals surface area contributed by atoms with Gasteiger partial charge in [0.1, 0.15) is 0 Å². The minimum absolute atomic E-state index is 0.307. The highest BCUT2D eigenvalue weighted by Gasteiger charge is 2.21. The first-order valence-corrected chi connectivity index (χ1v) is 10.1. The average Bonchev–Trinajstić information content (AvgIpc) is 2.68. The summed E-state index contributed by atoms with van der Waals surface area (Å²) >= 11 is 0. The van der Waals surface area contributed by atoms with Gasteiger partial charge in [0.05, 0.1) is 5.75 Å². The van der Waals surface area contributed by atoms with E-state index in [2.05, 4.69) is 4.90 Å². The first kappa shape index (κ1) is 17.9. The summed E-state index contributed by atoms with van der Waals surface area (Å²) < 4.78 is 23.8. The normalized spacial score (nSPS) is 18.4. The third-order valence-electron chi connectivity index (χ3n) is 4.20. The lowest BCUT2D eigenvalue weighted by Crippen LogP contribution is -2.40. The molecule has 0 saturated heterocycles. The first-order chi connectivity index (χ1) is 9.59. The Hall–Kier alpha value is -0.130. The van der Waals surface area contributed by atoms with E-state index < -0.39 is 9.84 Å². The molecule has 120 valence electrons. The molecule has 1 aliphatic rings. The van der Waals surface area contributed by atoms with Crippen molar-refractivity contribution < 1.29 is 8.42 Å². The van der Waals surface area contributed by atoms with E-state index in [4.69, 9.17) is 5.73 Å². The summed E-state index contributed by atoms with van der Waals surface area (Å²) in [5.74, 6) is 0.629. The summed E-state index contributed by atoms with van der Waals surface area (Å²) in [6, 6.07) is 0.570. The van der Waals surface area contributed by atoms with Gasteiger partial charge in [-0.3, -0.25) is 4.90 Å². The van der Waals surface area contributed by atoms with E-state index in [-0.39, 0.29) is 0 Å². The van der Waals surface area contributed by atoms with E-state index in [0.29, 0.717) is 37.1 Å². The van der Waals surface area contributed by atoms with E-state index in [9.17, 15) is 8.42 Å². The molecular formula is C15H32N2O2S. The van der Waals surface area contributed by atoms with E-state index in [1.807, 2.05) is 6.92 Å². The molecule has 0 amide bonds. The van der Waals surface area contributed by atoms with Gasteiger partial charge in [0.25, 0.3) is 0 Å². The minimum atomic E-state index is -2.87. The fourth-order valence-electron chi connectivity index (χ4n) is 3.06. The first-order valence-electron chi connectivity index (χ1n) is 8.23. The lowest BCUT2D eigenvalue weighted by Gasteiger charge is -2.31. The van der Waals surface area contributed by atoms with E-state index in [1.54, 1.807) is 0 Å². The molecule has 0 aliphatic heterocycles. The van der Waals surface area contributed by atoms with Crippen molar-refractivity contribution in [3.63, 3.8) is 0 Å². The van der Waals surface area contributed by atoms with Crippen molar-refractivity contribution in [2.75, 3.05) is 31.1 Å². The Morgan fingerprint density at radius 3 is 2.25 bits per heavy atom. The Labute approximate surface area is 125 Å².